The molecule has 1 aliphatic heterocycles. The first-order valence-electron chi connectivity index (χ1n) is 10.2. The molecule has 0 saturated carbocycles. The molecule has 0 unspecified atom stereocenters. The summed E-state index contributed by atoms with van der Waals surface area (Å²) >= 11 is 1.48. The van der Waals surface area contributed by atoms with Gasteiger partial charge in [0.05, 0.1) is 36.4 Å². The third-order valence-corrected chi connectivity index (χ3v) is 6.79. The lowest BCUT2D eigenvalue weighted by atomic mass is 10.1. The lowest BCUT2D eigenvalue weighted by Crippen LogP contribution is -3.12. The fraction of sp³-hybridized carbons (Fsp3) is 0.524. The lowest BCUT2D eigenvalue weighted by molar-refractivity contribution is -0.894. The monoisotopic (exact) mass is 417 g/mol. The second-order valence-corrected chi connectivity index (χ2v) is 8.49. The van der Waals surface area contributed by atoms with Gasteiger partial charge in [0.25, 0.3) is 0 Å². The second-order valence-electron chi connectivity index (χ2n) is 7.48. The maximum absolute atomic E-state index is 13.1. The Hall–Kier alpha value is -2.32. The maximum Gasteiger partial charge on any atom is 0.249 e. The Balaban J connectivity index is 1.90. The molecule has 1 aliphatic rings. The number of rotatable bonds is 8. The van der Waals surface area contributed by atoms with Crippen LogP contribution in [0.3, 0.4) is 0 Å². The van der Waals surface area contributed by atoms with Crippen molar-refractivity contribution >= 4 is 44.4 Å². The van der Waals surface area contributed by atoms with Crippen LogP contribution in [-0.4, -0.2) is 60.3 Å². The minimum absolute atomic E-state index is 0.190. The number of nitrogens with one attached hydrogen (secondary N) is 1. The number of aryl methyl sites for hydroxylation is 2. The Kier molecular flexibility index (Phi) is 6.64. The van der Waals surface area contributed by atoms with E-state index in [9.17, 15) is 14.4 Å². The largest absolute Gasteiger partial charge is 0.334 e. The van der Waals surface area contributed by atoms with Crippen molar-refractivity contribution in [3.8, 4) is 0 Å². The number of anilines is 1. The molecule has 1 aromatic heterocycles. The highest BCUT2D eigenvalue weighted by atomic mass is 32.1. The number of quaternary nitrogens is 1. The van der Waals surface area contributed by atoms with Crippen molar-refractivity contribution in [1.82, 2.24) is 9.88 Å². The molecule has 0 atom stereocenters. The number of imide groups is 1. The molecule has 1 saturated heterocycles. The zero-order chi connectivity index (χ0) is 21.1. The van der Waals surface area contributed by atoms with Crippen molar-refractivity contribution < 1.29 is 19.3 Å². The molecule has 3 rings (SSSR count). The van der Waals surface area contributed by atoms with Crippen LogP contribution in [0.5, 0.6) is 0 Å². The number of fused-ring (bicyclic) bond motifs is 1. The van der Waals surface area contributed by atoms with Crippen LogP contribution < -0.4 is 9.80 Å². The standard InChI is InChI=1S/C21H28N4O3S/c1-5-23(6-2)11-12-24(19(28)13-25-17(26)9-10-18(25)27)21-22-20-15(4)14(3)7-8-16(20)29-21/h7-8H,5-6,9-13H2,1-4H3/p+1. The van der Waals surface area contributed by atoms with E-state index in [0.717, 1.165) is 45.9 Å². The predicted octanol–water partition coefficient (Wildman–Crippen LogP) is 1.32. The van der Waals surface area contributed by atoms with Gasteiger partial charge in [-0.15, -0.1) is 0 Å². The molecule has 0 bridgehead atoms. The highest BCUT2D eigenvalue weighted by molar-refractivity contribution is 7.22. The highest BCUT2D eigenvalue weighted by Gasteiger charge is 2.33. The first-order chi connectivity index (χ1) is 13.8. The van der Waals surface area contributed by atoms with E-state index in [4.69, 9.17) is 4.98 Å². The molecule has 1 N–H and O–H groups in total. The lowest BCUT2D eigenvalue weighted by Gasteiger charge is -2.24. The van der Waals surface area contributed by atoms with E-state index in [2.05, 4.69) is 19.9 Å². The molecule has 2 aromatic rings. The average molecular weight is 418 g/mol. The van der Waals surface area contributed by atoms with Crippen molar-refractivity contribution in [2.45, 2.75) is 40.5 Å². The number of nitrogens with zero attached hydrogens (tertiary/aromatic N) is 3. The van der Waals surface area contributed by atoms with Gasteiger partial charge in [-0.05, 0) is 44.9 Å². The van der Waals surface area contributed by atoms with Crippen LogP contribution in [0, 0.1) is 13.8 Å². The van der Waals surface area contributed by atoms with Crippen LogP contribution in [0.2, 0.25) is 0 Å². The van der Waals surface area contributed by atoms with Gasteiger partial charge in [0.15, 0.2) is 5.13 Å². The molecule has 1 fully saturated rings. The van der Waals surface area contributed by atoms with Gasteiger partial charge in [-0.3, -0.25) is 24.2 Å². The molecule has 1 aromatic carbocycles. The Morgan fingerprint density at radius 1 is 1.17 bits per heavy atom. The summed E-state index contributed by atoms with van der Waals surface area (Å²) in [5, 5.41) is 0.629. The minimum atomic E-state index is -0.270. The third kappa shape index (κ3) is 4.48. The summed E-state index contributed by atoms with van der Waals surface area (Å²) in [4.78, 5) is 46.0. The van der Waals surface area contributed by atoms with Crippen LogP contribution in [0.15, 0.2) is 12.1 Å². The molecule has 0 radical (unpaired) electrons. The summed E-state index contributed by atoms with van der Waals surface area (Å²) in [5.74, 6) is -0.796. The van der Waals surface area contributed by atoms with Crippen LogP contribution in [0.1, 0.15) is 37.8 Å². The first-order valence-corrected chi connectivity index (χ1v) is 11.0. The zero-order valence-electron chi connectivity index (χ0n) is 17.6. The highest BCUT2D eigenvalue weighted by Crippen LogP contribution is 2.32. The number of hydrogen-bond acceptors (Lipinski definition) is 5. The number of amides is 3. The number of likely N-dealkylation sites (N-methyl/N-ethyl adjacent to an activating group) is 1. The van der Waals surface area contributed by atoms with E-state index in [-0.39, 0.29) is 37.1 Å². The van der Waals surface area contributed by atoms with Crippen LogP contribution in [0.4, 0.5) is 5.13 Å². The van der Waals surface area contributed by atoms with Crippen molar-refractivity contribution in [3.63, 3.8) is 0 Å². The normalized spacial score (nSPS) is 14.4. The predicted molar refractivity (Wildman–Crippen MR) is 114 cm³/mol. The summed E-state index contributed by atoms with van der Waals surface area (Å²) in [6.07, 6.45) is 0.380. The molecule has 0 spiro atoms. The van der Waals surface area contributed by atoms with Gasteiger partial charge in [-0.2, -0.15) is 0 Å². The van der Waals surface area contributed by atoms with Crippen LogP contribution in [0.25, 0.3) is 10.2 Å². The number of likely N-dealkylation sites (tertiary alicyclic amines) is 1. The third-order valence-electron chi connectivity index (χ3n) is 5.74. The molecule has 8 heteroatoms. The molecule has 156 valence electrons. The van der Waals surface area contributed by atoms with Gasteiger partial charge in [0, 0.05) is 12.8 Å². The Bertz CT molecular complexity index is 919. The van der Waals surface area contributed by atoms with Gasteiger partial charge >= 0.3 is 0 Å². The van der Waals surface area contributed by atoms with Crippen LogP contribution in [-0.2, 0) is 14.4 Å². The molecular weight excluding hydrogens is 388 g/mol. The number of hydrogen-bond donors (Lipinski definition) is 1. The summed E-state index contributed by atoms with van der Waals surface area (Å²) < 4.78 is 1.03. The van der Waals surface area contributed by atoms with Gasteiger partial charge < -0.3 is 4.90 Å². The topological polar surface area (TPSA) is 75.0 Å². The number of carbonyl (C=O) groups excluding carboxylic acids is 3. The molecular formula is C21H29N4O3S+. The van der Waals surface area contributed by atoms with E-state index >= 15 is 0 Å². The Morgan fingerprint density at radius 3 is 2.45 bits per heavy atom. The van der Waals surface area contributed by atoms with Gasteiger partial charge in [0.1, 0.15) is 6.54 Å². The summed E-state index contributed by atoms with van der Waals surface area (Å²) in [5.41, 5.74) is 3.18. The quantitative estimate of drug-likeness (QED) is 0.658. The zero-order valence-corrected chi connectivity index (χ0v) is 18.4. The van der Waals surface area contributed by atoms with E-state index in [1.165, 1.54) is 16.2 Å². The fourth-order valence-corrected chi connectivity index (χ4v) is 4.62. The SMILES string of the molecule is CC[NH+](CC)CCN(C(=O)CN1C(=O)CCC1=O)c1nc2c(C)c(C)ccc2s1. The fourth-order valence-electron chi connectivity index (χ4n) is 3.55. The number of aromatic nitrogens is 1. The van der Waals surface area contributed by atoms with Crippen molar-refractivity contribution in [1.29, 1.82) is 0 Å². The van der Waals surface area contributed by atoms with E-state index < -0.39 is 0 Å². The van der Waals surface area contributed by atoms with Crippen molar-refractivity contribution in [3.05, 3.63) is 23.3 Å². The van der Waals surface area contributed by atoms with Gasteiger partial charge in [0.2, 0.25) is 17.7 Å². The minimum Gasteiger partial charge on any atom is -0.334 e. The molecule has 2 heterocycles. The smallest absolute Gasteiger partial charge is 0.249 e. The second kappa shape index (κ2) is 9.00. The van der Waals surface area contributed by atoms with Gasteiger partial charge in [-0.1, -0.05) is 17.4 Å². The summed E-state index contributed by atoms with van der Waals surface area (Å²) in [7, 11) is 0. The van der Waals surface area contributed by atoms with E-state index in [1.807, 2.05) is 19.9 Å². The average Bonchev–Trinajstić information content (AvgIpc) is 3.27. The van der Waals surface area contributed by atoms with Gasteiger partial charge in [-0.25, -0.2) is 4.98 Å². The first kappa shape index (κ1) is 21.4. The number of thiazole rings is 1. The number of carbonyl (C=O) groups is 3. The summed E-state index contributed by atoms with van der Waals surface area (Å²) in [6.45, 7) is 11.4. The molecule has 7 nitrogen and oxygen atoms in total. The number of benzene rings is 1. The van der Waals surface area contributed by atoms with Crippen molar-refractivity contribution in [2.75, 3.05) is 37.6 Å². The Labute approximate surface area is 175 Å². The molecule has 29 heavy (non-hydrogen) atoms. The van der Waals surface area contributed by atoms with E-state index in [1.54, 1.807) is 4.90 Å². The Morgan fingerprint density at radius 2 is 1.83 bits per heavy atom. The maximum atomic E-state index is 13.1. The van der Waals surface area contributed by atoms with E-state index in [0.29, 0.717) is 11.7 Å². The van der Waals surface area contributed by atoms with Crippen molar-refractivity contribution in [2.24, 2.45) is 0 Å². The molecule has 3 amide bonds. The van der Waals surface area contributed by atoms with Crippen LogP contribution >= 0.6 is 11.3 Å². The summed E-state index contributed by atoms with van der Waals surface area (Å²) in [6, 6.07) is 4.10. The molecule has 0 aliphatic carbocycles.